The predicted octanol–water partition coefficient (Wildman–Crippen LogP) is 11.5. The van der Waals surface area contributed by atoms with Gasteiger partial charge in [0.25, 0.3) is 0 Å². The van der Waals surface area contributed by atoms with E-state index in [4.69, 9.17) is 24.9 Å². The molecule has 244 valence electrons. The van der Waals surface area contributed by atoms with Crippen molar-refractivity contribution in [2.75, 3.05) is 0 Å². The number of rotatable bonds is 7. The monoisotopic (exact) mass is 665 g/mol. The van der Waals surface area contributed by atoms with Crippen LogP contribution in [-0.2, 0) is 0 Å². The molecule has 0 aliphatic rings. The van der Waals surface area contributed by atoms with Gasteiger partial charge in [-0.3, -0.25) is 0 Å². The normalized spacial score (nSPS) is 11.1. The highest BCUT2D eigenvalue weighted by atomic mass is 15.0. The summed E-state index contributed by atoms with van der Waals surface area (Å²) in [6.45, 7) is 0. The summed E-state index contributed by atoms with van der Waals surface area (Å²) in [5.41, 5.74) is 9.79. The fraction of sp³-hybridized carbons (Fsp3) is 0. The van der Waals surface area contributed by atoms with Crippen LogP contribution in [0.3, 0.4) is 0 Å². The first-order valence-electron chi connectivity index (χ1n) is 17.3. The van der Waals surface area contributed by atoms with Crippen molar-refractivity contribution < 1.29 is 0 Å². The second kappa shape index (κ2) is 13.7. The molecule has 2 heterocycles. The van der Waals surface area contributed by atoms with Gasteiger partial charge >= 0.3 is 0 Å². The fourth-order valence-corrected chi connectivity index (χ4v) is 6.51. The first-order valence-corrected chi connectivity index (χ1v) is 17.3. The van der Waals surface area contributed by atoms with Crippen molar-refractivity contribution in [2.24, 2.45) is 0 Å². The van der Waals surface area contributed by atoms with E-state index in [1.54, 1.807) is 0 Å². The molecule has 7 aromatic carbocycles. The van der Waals surface area contributed by atoms with Gasteiger partial charge in [-0.05, 0) is 34.0 Å². The van der Waals surface area contributed by atoms with Crippen LogP contribution in [0.4, 0.5) is 0 Å². The molecule has 0 fully saturated rings. The van der Waals surface area contributed by atoms with Gasteiger partial charge in [0.15, 0.2) is 23.3 Å². The van der Waals surface area contributed by atoms with Crippen LogP contribution in [-0.4, -0.2) is 24.9 Å². The lowest BCUT2D eigenvalue weighted by Gasteiger charge is -2.12. The maximum Gasteiger partial charge on any atom is 0.164 e. The van der Waals surface area contributed by atoms with Gasteiger partial charge in [0.1, 0.15) is 0 Å². The molecule has 0 aliphatic carbocycles. The molecule has 5 heteroatoms. The summed E-state index contributed by atoms with van der Waals surface area (Å²) in [6, 6.07) is 64.1. The van der Waals surface area contributed by atoms with E-state index < -0.39 is 0 Å². The van der Waals surface area contributed by atoms with Crippen LogP contribution < -0.4 is 0 Å². The number of hydrogen-bond acceptors (Lipinski definition) is 5. The topological polar surface area (TPSA) is 64.5 Å². The fourth-order valence-electron chi connectivity index (χ4n) is 6.51. The van der Waals surface area contributed by atoms with Crippen LogP contribution in [0.2, 0.25) is 0 Å². The van der Waals surface area contributed by atoms with E-state index in [-0.39, 0.29) is 0 Å². The van der Waals surface area contributed by atoms with Crippen molar-refractivity contribution in [1.29, 1.82) is 0 Å². The molecule has 0 radical (unpaired) electrons. The third-order valence-electron chi connectivity index (χ3n) is 9.16. The number of nitrogens with zero attached hydrogens (tertiary/aromatic N) is 5. The largest absolute Gasteiger partial charge is 0.228 e. The molecule has 0 bridgehead atoms. The molecular formula is C47H31N5. The molecule has 0 spiro atoms. The highest BCUT2D eigenvalue weighted by Crippen LogP contribution is 2.34. The van der Waals surface area contributed by atoms with Gasteiger partial charge in [0, 0.05) is 33.4 Å². The molecule has 52 heavy (non-hydrogen) atoms. The number of hydrogen-bond donors (Lipinski definition) is 0. The van der Waals surface area contributed by atoms with Crippen molar-refractivity contribution in [1.82, 2.24) is 24.9 Å². The van der Waals surface area contributed by atoms with Crippen LogP contribution >= 0.6 is 0 Å². The van der Waals surface area contributed by atoms with E-state index in [9.17, 15) is 0 Å². The second-order valence-corrected chi connectivity index (χ2v) is 12.6. The molecule has 5 nitrogen and oxygen atoms in total. The zero-order chi connectivity index (χ0) is 34.7. The van der Waals surface area contributed by atoms with E-state index in [1.807, 2.05) is 78.9 Å². The molecule has 0 saturated carbocycles. The predicted molar refractivity (Wildman–Crippen MR) is 211 cm³/mol. The summed E-state index contributed by atoms with van der Waals surface area (Å²) in [5, 5.41) is 2.34. The Labute approximate surface area is 302 Å². The summed E-state index contributed by atoms with van der Waals surface area (Å²) < 4.78 is 0. The smallest absolute Gasteiger partial charge is 0.164 e. The van der Waals surface area contributed by atoms with Crippen molar-refractivity contribution in [3.8, 4) is 79.2 Å². The lowest BCUT2D eigenvalue weighted by Crippen LogP contribution is -2.00. The minimum atomic E-state index is 0.628. The first kappa shape index (κ1) is 30.9. The van der Waals surface area contributed by atoms with Crippen LogP contribution in [0.5, 0.6) is 0 Å². The van der Waals surface area contributed by atoms with E-state index >= 15 is 0 Å². The zero-order valence-electron chi connectivity index (χ0n) is 28.1. The van der Waals surface area contributed by atoms with E-state index in [2.05, 4.69) is 109 Å². The third kappa shape index (κ3) is 6.23. The average Bonchev–Trinajstić information content (AvgIpc) is 3.24. The summed E-state index contributed by atoms with van der Waals surface area (Å²) in [4.78, 5) is 24.8. The van der Waals surface area contributed by atoms with Crippen LogP contribution in [0.1, 0.15) is 0 Å². The van der Waals surface area contributed by atoms with Crippen molar-refractivity contribution in [2.45, 2.75) is 0 Å². The standard InChI is InChI=1S/C47H31N5/c1-4-15-34(16-5-1)44-48-42(31-43(49-44)41-25-13-21-33-14-10-11-24-40(33)41)39-23-12-22-38(30-39)32-26-28-37(29-27-32)47-51-45(35-17-6-2-7-18-35)50-46(52-47)36-19-8-3-9-20-36/h1-31H. The van der Waals surface area contributed by atoms with Gasteiger partial charge in [-0.25, -0.2) is 24.9 Å². The Bertz CT molecular complexity index is 2600. The Hall–Kier alpha value is -7.11. The van der Waals surface area contributed by atoms with Crippen molar-refractivity contribution >= 4 is 10.8 Å². The van der Waals surface area contributed by atoms with E-state index in [0.717, 1.165) is 61.3 Å². The number of aromatic nitrogens is 5. The Morgan fingerprint density at radius 3 is 1.29 bits per heavy atom. The number of benzene rings is 7. The van der Waals surface area contributed by atoms with Crippen LogP contribution in [0.15, 0.2) is 188 Å². The summed E-state index contributed by atoms with van der Waals surface area (Å²) in [6.07, 6.45) is 0. The summed E-state index contributed by atoms with van der Waals surface area (Å²) >= 11 is 0. The first-order chi connectivity index (χ1) is 25.7. The lowest BCUT2D eigenvalue weighted by atomic mass is 9.98. The average molecular weight is 666 g/mol. The quantitative estimate of drug-likeness (QED) is 0.169. The van der Waals surface area contributed by atoms with Gasteiger partial charge in [0.2, 0.25) is 0 Å². The molecule has 9 aromatic rings. The maximum atomic E-state index is 5.10. The Morgan fingerprint density at radius 2 is 0.673 bits per heavy atom. The minimum absolute atomic E-state index is 0.628. The minimum Gasteiger partial charge on any atom is -0.228 e. The Balaban J connectivity index is 1.10. The van der Waals surface area contributed by atoms with Gasteiger partial charge in [-0.2, -0.15) is 0 Å². The molecule has 2 aromatic heterocycles. The summed E-state index contributed by atoms with van der Waals surface area (Å²) in [5.74, 6) is 2.61. The van der Waals surface area contributed by atoms with Crippen molar-refractivity contribution in [3.05, 3.63) is 188 Å². The van der Waals surface area contributed by atoms with Gasteiger partial charge in [-0.1, -0.05) is 176 Å². The molecule has 0 N–H and O–H groups in total. The molecule has 0 unspecified atom stereocenters. The van der Waals surface area contributed by atoms with Gasteiger partial charge in [0.05, 0.1) is 11.4 Å². The number of fused-ring (bicyclic) bond motifs is 1. The Morgan fingerprint density at radius 1 is 0.250 bits per heavy atom. The molecule has 0 atom stereocenters. The lowest BCUT2D eigenvalue weighted by molar-refractivity contribution is 1.07. The maximum absolute atomic E-state index is 5.10. The Kier molecular flexibility index (Phi) is 8.12. The van der Waals surface area contributed by atoms with Gasteiger partial charge < -0.3 is 0 Å². The molecule has 0 amide bonds. The van der Waals surface area contributed by atoms with E-state index in [1.165, 1.54) is 5.39 Å². The molecule has 0 saturated heterocycles. The highest BCUT2D eigenvalue weighted by molar-refractivity contribution is 5.96. The molecule has 0 aliphatic heterocycles. The molecular weight excluding hydrogens is 635 g/mol. The SMILES string of the molecule is c1ccc(-c2nc(-c3cccc(-c4ccc(-c5nc(-c6ccccc6)nc(-c6ccccc6)n5)cc4)c3)cc(-c3cccc4ccccc34)n2)cc1. The van der Waals surface area contributed by atoms with Gasteiger partial charge in [-0.15, -0.1) is 0 Å². The van der Waals surface area contributed by atoms with Crippen molar-refractivity contribution in [3.63, 3.8) is 0 Å². The van der Waals surface area contributed by atoms with Crippen LogP contribution in [0.25, 0.3) is 90.0 Å². The molecule has 9 rings (SSSR count). The summed E-state index contributed by atoms with van der Waals surface area (Å²) in [7, 11) is 0. The third-order valence-corrected chi connectivity index (χ3v) is 9.16. The highest BCUT2D eigenvalue weighted by Gasteiger charge is 2.15. The second-order valence-electron chi connectivity index (χ2n) is 12.6. The van der Waals surface area contributed by atoms with E-state index in [0.29, 0.717) is 23.3 Å². The van der Waals surface area contributed by atoms with Crippen LogP contribution in [0, 0.1) is 0 Å². The zero-order valence-corrected chi connectivity index (χ0v) is 28.1.